The van der Waals surface area contributed by atoms with Gasteiger partial charge < -0.3 is 9.73 Å². The lowest BCUT2D eigenvalue weighted by atomic mass is 9.91. The quantitative estimate of drug-likeness (QED) is 0.669. The number of benzene rings is 2. The SMILES string of the molecule is C/N=C/C[C@H](c1cccc(OCc2ccccc2)c1)C1CC1. The maximum Gasteiger partial charge on any atom is 0.120 e. The minimum atomic E-state index is 0.587. The number of nitrogens with zero attached hydrogens (tertiary/aromatic N) is 1. The molecule has 2 heteroatoms. The van der Waals surface area contributed by atoms with Gasteiger partial charge in [-0.15, -0.1) is 0 Å². The largest absolute Gasteiger partial charge is 0.489 e. The van der Waals surface area contributed by atoms with Gasteiger partial charge in [0, 0.05) is 7.05 Å². The molecule has 1 aliphatic rings. The first-order chi connectivity index (χ1) is 10.9. The molecule has 0 N–H and O–H groups in total. The molecule has 3 rings (SSSR count). The Hall–Kier alpha value is -2.09. The first-order valence-corrected chi connectivity index (χ1v) is 8.04. The minimum Gasteiger partial charge on any atom is -0.489 e. The van der Waals surface area contributed by atoms with Gasteiger partial charge in [-0.3, -0.25) is 0 Å². The van der Waals surface area contributed by atoms with E-state index in [0.29, 0.717) is 12.5 Å². The van der Waals surface area contributed by atoms with Crippen molar-refractivity contribution >= 4 is 6.21 Å². The normalized spacial score (nSPS) is 15.9. The molecule has 0 radical (unpaired) electrons. The lowest BCUT2D eigenvalue weighted by Gasteiger charge is -2.16. The molecule has 1 aliphatic carbocycles. The van der Waals surface area contributed by atoms with Crippen LogP contribution in [0.5, 0.6) is 5.75 Å². The summed E-state index contributed by atoms with van der Waals surface area (Å²) in [5.74, 6) is 2.37. The highest BCUT2D eigenvalue weighted by Gasteiger charge is 2.31. The monoisotopic (exact) mass is 293 g/mol. The first-order valence-electron chi connectivity index (χ1n) is 8.04. The van der Waals surface area contributed by atoms with Crippen LogP contribution in [0.15, 0.2) is 59.6 Å². The predicted octanol–water partition coefficient (Wildman–Crippen LogP) is 4.85. The van der Waals surface area contributed by atoms with E-state index in [2.05, 4.69) is 35.3 Å². The van der Waals surface area contributed by atoms with Gasteiger partial charge in [-0.1, -0.05) is 42.5 Å². The van der Waals surface area contributed by atoms with Crippen LogP contribution >= 0.6 is 0 Å². The van der Waals surface area contributed by atoms with E-state index in [9.17, 15) is 0 Å². The molecule has 2 aromatic carbocycles. The van der Waals surface area contributed by atoms with Crippen molar-refractivity contribution in [3.63, 3.8) is 0 Å². The molecule has 2 aromatic rings. The molecule has 2 nitrogen and oxygen atoms in total. The van der Waals surface area contributed by atoms with Gasteiger partial charge in [0.15, 0.2) is 0 Å². The van der Waals surface area contributed by atoms with Gasteiger partial charge >= 0.3 is 0 Å². The highest BCUT2D eigenvalue weighted by molar-refractivity contribution is 5.59. The number of hydrogen-bond acceptors (Lipinski definition) is 2. The lowest BCUT2D eigenvalue weighted by Crippen LogP contribution is -2.03. The molecule has 0 amide bonds. The van der Waals surface area contributed by atoms with Gasteiger partial charge in [-0.2, -0.15) is 0 Å². The van der Waals surface area contributed by atoms with Crippen molar-refractivity contribution in [2.45, 2.75) is 31.8 Å². The van der Waals surface area contributed by atoms with E-state index in [0.717, 1.165) is 18.1 Å². The van der Waals surface area contributed by atoms with Crippen LogP contribution in [0.3, 0.4) is 0 Å². The van der Waals surface area contributed by atoms with Crippen LogP contribution in [0.4, 0.5) is 0 Å². The molecule has 0 unspecified atom stereocenters. The average Bonchev–Trinajstić information content (AvgIpc) is 3.40. The van der Waals surface area contributed by atoms with Crippen LogP contribution in [0.2, 0.25) is 0 Å². The van der Waals surface area contributed by atoms with E-state index >= 15 is 0 Å². The highest BCUT2D eigenvalue weighted by Crippen LogP contribution is 2.44. The van der Waals surface area contributed by atoms with Crippen LogP contribution in [0.1, 0.15) is 36.3 Å². The summed E-state index contributed by atoms with van der Waals surface area (Å²) in [4.78, 5) is 4.15. The second-order valence-electron chi connectivity index (χ2n) is 5.97. The third-order valence-electron chi connectivity index (χ3n) is 4.27. The number of hydrogen-bond donors (Lipinski definition) is 0. The average molecular weight is 293 g/mol. The third kappa shape index (κ3) is 3.97. The molecule has 0 bridgehead atoms. The second-order valence-corrected chi connectivity index (χ2v) is 5.97. The minimum absolute atomic E-state index is 0.587. The van der Waals surface area contributed by atoms with Crippen LogP contribution in [0.25, 0.3) is 0 Å². The maximum absolute atomic E-state index is 5.95. The fraction of sp³-hybridized carbons (Fsp3) is 0.350. The van der Waals surface area contributed by atoms with Crippen LogP contribution in [0, 0.1) is 5.92 Å². The molecule has 0 saturated heterocycles. The summed E-state index contributed by atoms with van der Waals surface area (Å²) >= 11 is 0. The Morgan fingerprint density at radius 2 is 1.95 bits per heavy atom. The second kappa shape index (κ2) is 7.26. The Kier molecular flexibility index (Phi) is 4.89. The summed E-state index contributed by atoms with van der Waals surface area (Å²) in [6.45, 7) is 0.620. The molecule has 0 aliphatic heterocycles. The maximum atomic E-state index is 5.95. The Bertz CT molecular complexity index is 617. The van der Waals surface area contributed by atoms with E-state index in [1.165, 1.54) is 24.0 Å². The molecule has 0 heterocycles. The molecule has 0 aromatic heterocycles. The van der Waals surface area contributed by atoms with Gasteiger partial charge in [0.05, 0.1) is 0 Å². The molecular weight excluding hydrogens is 270 g/mol. The van der Waals surface area contributed by atoms with Gasteiger partial charge in [0.2, 0.25) is 0 Å². The lowest BCUT2D eigenvalue weighted by molar-refractivity contribution is 0.305. The highest BCUT2D eigenvalue weighted by atomic mass is 16.5. The topological polar surface area (TPSA) is 21.6 Å². The van der Waals surface area contributed by atoms with E-state index in [1.54, 1.807) is 0 Å². The molecule has 1 fully saturated rings. The molecule has 1 atom stereocenters. The molecule has 1 saturated carbocycles. The Balaban J connectivity index is 1.68. The first kappa shape index (κ1) is 14.8. The fourth-order valence-corrected chi connectivity index (χ4v) is 2.89. The van der Waals surface area contributed by atoms with Crippen molar-refractivity contribution in [2.75, 3.05) is 7.05 Å². The Morgan fingerprint density at radius 3 is 2.68 bits per heavy atom. The van der Waals surface area contributed by atoms with Crippen LogP contribution in [-0.4, -0.2) is 13.3 Å². The van der Waals surface area contributed by atoms with E-state index in [1.807, 2.05) is 37.5 Å². The van der Waals surface area contributed by atoms with Crippen molar-refractivity contribution in [1.29, 1.82) is 0 Å². The third-order valence-corrected chi connectivity index (χ3v) is 4.27. The van der Waals surface area contributed by atoms with Gasteiger partial charge in [0.1, 0.15) is 12.4 Å². The Morgan fingerprint density at radius 1 is 1.14 bits per heavy atom. The molecule has 0 spiro atoms. The van der Waals surface area contributed by atoms with Gasteiger partial charge in [-0.25, -0.2) is 0 Å². The fourth-order valence-electron chi connectivity index (χ4n) is 2.89. The standard InChI is InChI=1S/C20H23NO/c1-21-13-12-20(17-10-11-17)18-8-5-9-19(14-18)22-15-16-6-3-2-4-7-16/h2-9,13-14,17,20H,10-12,15H2,1H3/b21-13+/t20-/m0/s1. The molecule has 22 heavy (non-hydrogen) atoms. The van der Waals surface area contributed by atoms with Gasteiger partial charge in [0.25, 0.3) is 0 Å². The summed E-state index contributed by atoms with van der Waals surface area (Å²) < 4.78 is 5.95. The van der Waals surface area contributed by atoms with E-state index < -0.39 is 0 Å². The number of rotatable bonds is 7. The zero-order valence-corrected chi connectivity index (χ0v) is 13.1. The van der Waals surface area contributed by atoms with E-state index in [-0.39, 0.29) is 0 Å². The Labute approximate surface area is 132 Å². The molecular formula is C20H23NO. The van der Waals surface area contributed by atoms with Crippen molar-refractivity contribution in [2.24, 2.45) is 10.9 Å². The summed E-state index contributed by atoms with van der Waals surface area (Å²) in [5.41, 5.74) is 2.58. The van der Waals surface area contributed by atoms with Crippen molar-refractivity contribution < 1.29 is 4.74 Å². The number of ether oxygens (including phenoxy) is 1. The summed E-state index contributed by atoms with van der Waals surface area (Å²) in [6, 6.07) is 18.9. The smallest absolute Gasteiger partial charge is 0.120 e. The van der Waals surface area contributed by atoms with E-state index in [4.69, 9.17) is 4.74 Å². The summed E-state index contributed by atoms with van der Waals surface area (Å²) in [5, 5.41) is 0. The zero-order valence-electron chi connectivity index (χ0n) is 13.1. The predicted molar refractivity (Wildman–Crippen MR) is 91.7 cm³/mol. The van der Waals surface area contributed by atoms with Crippen molar-refractivity contribution in [1.82, 2.24) is 0 Å². The van der Waals surface area contributed by atoms with Crippen molar-refractivity contribution in [3.05, 3.63) is 65.7 Å². The zero-order chi connectivity index (χ0) is 15.2. The number of aliphatic imine (C=N–C) groups is 1. The summed E-state index contributed by atoms with van der Waals surface area (Å²) in [7, 11) is 1.85. The summed E-state index contributed by atoms with van der Waals surface area (Å²) in [6.07, 6.45) is 5.76. The van der Waals surface area contributed by atoms with Crippen molar-refractivity contribution in [3.8, 4) is 5.75 Å². The van der Waals surface area contributed by atoms with Crippen LogP contribution < -0.4 is 4.74 Å². The molecule has 114 valence electrons. The van der Waals surface area contributed by atoms with Gasteiger partial charge in [-0.05, 0) is 60.6 Å². The van der Waals surface area contributed by atoms with Crippen LogP contribution in [-0.2, 0) is 6.61 Å².